The van der Waals surface area contributed by atoms with E-state index in [1.54, 1.807) is 4.90 Å². The van der Waals surface area contributed by atoms with Crippen LogP contribution in [-0.4, -0.2) is 47.6 Å². The minimum absolute atomic E-state index is 0.0169. The Hall–Kier alpha value is -1.88. The molecule has 2 atom stereocenters. The van der Waals surface area contributed by atoms with Gasteiger partial charge in [-0.05, 0) is 69.2 Å². The van der Waals surface area contributed by atoms with Gasteiger partial charge in [-0.2, -0.15) is 0 Å². The van der Waals surface area contributed by atoms with Crippen LogP contribution < -0.4 is 4.90 Å². The Morgan fingerprint density at radius 2 is 2.00 bits per heavy atom. The van der Waals surface area contributed by atoms with E-state index < -0.39 is 5.92 Å². The van der Waals surface area contributed by atoms with Crippen molar-refractivity contribution in [3.63, 3.8) is 0 Å². The Morgan fingerprint density at radius 3 is 2.72 bits per heavy atom. The number of aliphatic hydroxyl groups excluding tert-OH is 1. The van der Waals surface area contributed by atoms with Crippen LogP contribution in [0.5, 0.6) is 0 Å². The van der Waals surface area contributed by atoms with E-state index in [4.69, 9.17) is 5.11 Å². The highest BCUT2D eigenvalue weighted by Crippen LogP contribution is 2.31. The highest BCUT2D eigenvalue weighted by atomic mass is 16.3. The van der Waals surface area contributed by atoms with Crippen molar-refractivity contribution in [2.45, 2.75) is 52.0 Å². The van der Waals surface area contributed by atoms with Crippen molar-refractivity contribution in [3.8, 4) is 0 Å². The summed E-state index contributed by atoms with van der Waals surface area (Å²) in [6.45, 7) is 5.59. The summed E-state index contributed by atoms with van der Waals surface area (Å²) < 4.78 is 0. The van der Waals surface area contributed by atoms with Crippen LogP contribution in [0.1, 0.15) is 43.2 Å². The first kappa shape index (κ1) is 17.9. The van der Waals surface area contributed by atoms with Crippen LogP contribution in [0.15, 0.2) is 18.2 Å². The second kappa shape index (κ2) is 7.56. The molecule has 3 rings (SSSR count). The summed E-state index contributed by atoms with van der Waals surface area (Å²) in [5.74, 6) is -0.630. The normalized spacial score (nSPS) is 23.6. The van der Waals surface area contributed by atoms with Gasteiger partial charge in [0.2, 0.25) is 11.8 Å². The van der Waals surface area contributed by atoms with Crippen molar-refractivity contribution in [1.82, 2.24) is 4.90 Å². The minimum Gasteiger partial charge on any atom is -0.396 e. The molecule has 5 heteroatoms. The lowest BCUT2D eigenvalue weighted by Gasteiger charge is -2.27. The summed E-state index contributed by atoms with van der Waals surface area (Å²) in [6.07, 6.45) is 4.09. The van der Waals surface area contributed by atoms with Crippen LogP contribution in [0, 0.1) is 19.8 Å². The number of amides is 2. The molecule has 2 aliphatic rings. The van der Waals surface area contributed by atoms with Crippen molar-refractivity contribution >= 4 is 17.5 Å². The smallest absolute Gasteiger partial charge is 0.239 e. The standard InChI is InChI=1S/C20H28N2O3/c1-14-7-8-17(13-15(14)2)22-11-9-18(20(22)25)19(24)21-10-3-5-16(21)6-4-12-23/h7-8,13,16,18,23H,3-6,9-12H2,1-2H3. The molecule has 5 nitrogen and oxygen atoms in total. The van der Waals surface area contributed by atoms with E-state index in [1.807, 2.05) is 30.0 Å². The molecular formula is C20H28N2O3. The summed E-state index contributed by atoms with van der Waals surface area (Å²) in [6, 6.07) is 6.20. The van der Waals surface area contributed by atoms with Crippen LogP contribution in [0.3, 0.4) is 0 Å². The maximum Gasteiger partial charge on any atom is 0.239 e. The molecule has 1 N–H and O–H groups in total. The molecule has 2 amide bonds. The van der Waals surface area contributed by atoms with Crippen LogP contribution in [0.25, 0.3) is 0 Å². The van der Waals surface area contributed by atoms with Gasteiger partial charge in [-0.3, -0.25) is 9.59 Å². The first-order chi connectivity index (χ1) is 12.0. The Labute approximate surface area is 149 Å². The number of likely N-dealkylation sites (tertiary alicyclic amines) is 1. The fraction of sp³-hybridized carbons (Fsp3) is 0.600. The molecular weight excluding hydrogens is 316 g/mol. The van der Waals surface area contributed by atoms with E-state index in [0.29, 0.717) is 19.4 Å². The largest absolute Gasteiger partial charge is 0.396 e. The molecule has 2 heterocycles. The molecule has 0 bridgehead atoms. The zero-order chi connectivity index (χ0) is 18.0. The summed E-state index contributed by atoms with van der Waals surface area (Å²) in [5.41, 5.74) is 3.25. The lowest BCUT2D eigenvalue weighted by atomic mass is 10.0. The predicted molar refractivity (Wildman–Crippen MR) is 97.4 cm³/mol. The minimum atomic E-state index is -0.545. The molecule has 2 fully saturated rings. The van der Waals surface area contributed by atoms with Crippen LogP contribution in [-0.2, 0) is 9.59 Å². The highest BCUT2D eigenvalue weighted by molar-refractivity contribution is 6.09. The predicted octanol–water partition coefficient (Wildman–Crippen LogP) is 2.42. The number of aliphatic hydroxyl groups is 1. The van der Waals surface area contributed by atoms with Gasteiger partial charge >= 0.3 is 0 Å². The first-order valence-corrected chi connectivity index (χ1v) is 9.33. The second-order valence-electron chi connectivity index (χ2n) is 7.29. The molecule has 1 aromatic rings. The Kier molecular flexibility index (Phi) is 5.42. The topological polar surface area (TPSA) is 60.9 Å². The number of carbonyl (C=O) groups excluding carboxylic acids is 2. The molecule has 0 saturated carbocycles. The lowest BCUT2D eigenvalue weighted by molar-refractivity contribution is -0.140. The Morgan fingerprint density at radius 1 is 1.20 bits per heavy atom. The third-order valence-corrected chi connectivity index (χ3v) is 5.66. The van der Waals surface area contributed by atoms with Gasteiger partial charge in [0, 0.05) is 31.4 Å². The third-order valence-electron chi connectivity index (χ3n) is 5.66. The number of aryl methyl sites for hydroxylation is 2. The molecule has 0 aliphatic carbocycles. The van der Waals surface area contributed by atoms with Crippen molar-refractivity contribution in [1.29, 1.82) is 0 Å². The number of carbonyl (C=O) groups is 2. The van der Waals surface area contributed by atoms with Gasteiger partial charge in [0.05, 0.1) is 0 Å². The number of rotatable bonds is 5. The van der Waals surface area contributed by atoms with Crippen molar-refractivity contribution in [2.75, 3.05) is 24.6 Å². The quantitative estimate of drug-likeness (QED) is 0.835. The van der Waals surface area contributed by atoms with E-state index in [9.17, 15) is 9.59 Å². The van der Waals surface area contributed by atoms with Gasteiger partial charge in [0.1, 0.15) is 5.92 Å². The molecule has 2 aliphatic heterocycles. The summed E-state index contributed by atoms with van der Waals surface area (Å²) in [5, 5.41) is 9.04. The van der Waals surface area contributed by atoms with E-state index in [0.717, 1.165) is 37.1 Å². The molecule has 136 valence electrons. The number of anilines is 1. The Balaban J connectivity index is 1.70. The molecule has 0 aromatic heterocycles. The molecule has 2 unspecified atom stereocenters. The monoisotopic (exact) mass is 344 g/mol. The van der Waals surface area contributed by atoms with Crippen LogP contribution in [0.2, 0.25) is 0 Å². The number of hydrogen-bond donors (Lipinski definition) is 1. The first-order valence-electron chi connectivity index (χ1n) is 9.33. The van der Waals surface area contributed by atoms with Crippen LogP contribution in [0.4, 0.5) is 5.69 Å². The van der Waals surface area contributed by atoms with Gasteiger partial charge in [0.15, 0.2) is 0 Å². The fourth-order valence-electron chi connectivity index (χ4n) is 4.01. The summed E-state index contributed by atoms with van der Waals surface area (Å²) in [4.78, 5) is 29.5. The van der Waals surface area contributed by atoms with Gasteiger partial charge < -0.3 is 14.9 Å². The number of benzene rings is 1. The van der Waals surface area contributed by atoms with E-state index in [1.165, 1.54) is 5.56 Å². The molecule has 0 radical (unpaired) electrons. The third kappa shape index (κ3) is 3.56. The number of hydrogen-bond acceptors (Lipinski definition) is 3. The summed E-state index contributed by atoms with van der Waals surface area (Å²) >= 11 is 0. The van der Waals surface area contributed by atoms with E-state index in [2.05, 4.69) is 6.92 Å². The zero-order valence-electron chi connectivity index (χ0n) is 15.2. The second-order valence-corrected chi connectivity index (χ2v) is 7.29. The van der Waals surface area contributed by atoms with E-state index in [-0.39, 0.29) is 24.5 Å². The van der Waals surface area contributed by atoms with Crippen molar-refractivity contribution in [2.24, 2.45) is 5.92 Å². The molecule has 0 spiro atoms. The summed E-state index contributed by atoms with van der Waals surface area (Å²) in [7, 11) is 0. The lowest BCUT2D eigenvalue weighted by Crippen LogP contribution is -2.42. The number of nitrogens with zero attached hydrogens (tertiary/aromatic N) is 2. The Bertz CT molecular complexity index is 658. The van der Waals surface area contributed by atoms with E-state index >= 15 is 0 Å². The highest BCUT2D eigenvalue weighted by Gasteiger charge is 2.42. The van der Waals surface area contributed by atoms with Crippen molar-refractivity contribution < 1.29 is 14.7 Å². The zero-order valence-corrected chi connectivity index (χ0v) is 15.2. The van der Waals surface area contributed by atoms with Gasteiger partial charge in [-0.25, -0.2) is 0 Å². The van der Waals surface area contributed by atoms with Crippen LogP contribution >= 0.6 is 0 Å². The fourth-order valence-corrected chi connectivity index (χ4v) is 4.01. The average molecular weight is 344 g/mol. The molecule has 2 saturated heterocycles. The van der Waals surface area contributed by atoms with Gasteiger partial charge in [-0.15, -0.1) is 0 Å². The molecule has 1 aromatic carbocycles. The maximum absolute atomic E-state index is 12.9. The van der Waals surface area contributed by atoms with Gasteiger partial charge in [-0.1, -0.05) is 6.07 Å². The van der Waals surface area contributed by atoms with Gasteiger partial charge in [0.25, 0.3) is 0 Å². The SMILES string of the molecule is Cc1ccc(N2CCC(C(=O)N3CCCC3CCCO)C2=O)cc1C. The van der Waals surface area contributed by atoms with Crippen molar-refractivity contribution in [3.05, 3.63) is 29.3 Å². The maximum atomic E-state index is 12.9. The molecule has 25 heavy (non-hydrogen) atoms. The average Bonchev–Trinajstić information content (AvgIpc) is 3.21.